The molecule has 0 atom stereocenters. The van der Waals surface area contributed by atoms with Crippen molar-refractivity contribution >= 4 is 28.3 Å². The van der Waals surface area contributed by atoms with Gasteiger partial charge in [-0.25, -0.2) is 4.98 Å². The number of halogens is 3. The topological polar surface area (TPSA) is 66.3 Å². The average molecular weight is 511 g/mol. The summed E-state index contributed by atoms with van der Waals surface area (Å²) in [6.07, 6.45) is 1.30. The summed E-state index contributed by atoms with van der Waals surface area (Å²) in [5.74, 6) is -0.396. The number of rotatable bonds is 9. The normalized spacial score (nSPS) is 11.8. The number of nitrogens with one attached hydrogen (secondary N) is 1. The van der Waals surface area contributed by atoms with Gasteiger partial charge in [-0.05, 0) is 69.0 Å². The molecule has 2 aromatic carbocycles. The molecule has 1 N–H and O–H groups in total. The van der Waals surface area contributed by atoms with Gasteiger partial charge in [0, 0.05) is 36.9 Å². The summed E-state index contributed by atoms with van der Waals surface area (Å²) in [6.45, 7) is 1.26. The molecule has 0 saturated heterocycles. The van der Waals surface area contributed by atoms with Gasteiger partial charge >= 0.3 is 6.18 Å². The Labute approximate surface area is 213 Å². The van der Waals surface area contributed by atoms with Crippen molar-refractivity contribution in [2.24, 2.45) is 0 Å². The second kappa shape index (κ2) is 11.0. The van der Waals surface area contributed by atoms with Crippen LogP contribution in [0.25, 0.3) is 16.7 Å². The van der Waals surface area contributed by atoms with E-state index in [0.717, 1.165) is 41.3 Å². The first-order valence-electron chi connectivity index (χ1n) is 11.8. The number of imidazole rings is 1. The number of fused-ring (bicyclic) bond motifs is 1. The van der Waals surface area contributed by atoms with Crippen LogP contribution in [-0.4, -0.2) is 59.6 Å². The van der Waals surface area contributed by atoms with Crippen LogP contribution in [0, 0.1) is 0 Å². The molecule has 0 spiro atoms. The van der Waals surface area contributed by atoms with Gasteiger partial charge in [-0.2, -0.15) is 13.2 Å². The number of hydrogen-bond donors (Lipinski definition) is 1. The molecule has 0 saturated carbocycles. The molecule has 2 aromatic heterocycles. The number of hydrogen-bond acceptors (Lipinski definition) is 5. The molecule has 0 fully saturated rings. The summed E-state index contributed by atoms with van der Waals surface area (Å²) in [6, 6.07) is 13.1. The Kier molecular flexibility index (Phi) is 7.77. The van der Waals surface area contributed by atoms with E-state index < -0.39 is 17.6 Å². The molecule has 37 heavy (non-hydrogen) atoms. The van der Waals surface area contributed by atoms with E-state index >= 15 is 0 Å². The Balaban J connectivity index is 1.43. The lowest BCUT2D eigenvalue weighted by Crippen LogP contribution is -2.25. The molecule has 2 heterocycles. The zero-order valence-corrected chi connectivity index (χ0v) is 21.0. The lowest BCUT2D eigenvalue weighted by Gasteiger charge is -2.25. The summed E-state index contributed by atoms with van der Waals surface area (Å²) in [5.41, 5.74) is 2.71. The maximum absolute atomic E-state index is 13.8. The first-order chi connectivity index (χ1) is 17.6. The predicted octanol–water partition coefficient (Wildman–Crippen LogP) is 5.01. The maximum atomic E-state index is 13.8. The van der Waals surface area contributed by atoms with Crippen LogP contribution in [0.15, 0.2) is 67.3 Å². The van der Waals surface area contributed by atoms with E-state index in [1.54, 1.807) is 30.7 Å². The minimum Gasteiger partial charge on any atom is -0.374 e. The van der Waals surface area contributed by atoms with E-state index in [-0.39, 0.29) is 17.8 Å². The highest BCUT2D eigenvalue weighted by molar-refractivity contribution is 5.92. The molecule has 0 radical (unpaired) electrons. The van der Waals surface area contributed by atoms with Crippen LogP contribution in [0.2, 0.25) is 0 Å². The van der Waals surface area contributed by atoms with E-state index in [4.69, 9.17) is 0 Å². The summed E-state index contributed by atoms with van der Waals surface area (Å²) >= 11 is 0. The molecule has 0 unspecified atom stereocenters. The molecule has 10 heteroatoms. The number of alkyl halides is 3. The Hall–Kier alpha value is -3.92. The van der Waals surface area contributed by atoms with Crippen LogP contribution in [0.1, 0.15) is 17.5 Å². The molecular weight excluding hydrogens is 481 g/mol. The lowest BCUT2D eigenvalue weighted by molar-refractivity contribution is -0.137. The van der Waals surface area contributed by atoms with E-state index in [9.17, 15) is 18.0 Å². The monoisotopic (exact) mass is 510 g/mol. The van der Waals surface area contributed by atoms with Crippen LogP contribution in [0.3, 0.4) is 0 Å². The molecule has 7 nitrogen and oxygen atoms in total. The number of amides is 1. The van der Waals surface area contributed by atoms with Crippen molar-refractivity contribution in [3.05, 3.63) is 78.4 Å². The van der Waals surface area contributed by atoms with Crippen molar-refractivity contribution in [3.63, 3.8) is 0 Å². The number of carbonyl (C=O) groups excluding carboxylic acids is 1. The number of pyridine rings is 1. The van der Waals surface area contributed by atoms with Gasteiger partial charge in [-0.15, -0.1) is 0 Å². The first kappa shape index (κ1) is 26.2. The Morgan fingerprint density at radius 3 is 2.49 bits per heavy atom. The van der Waals surface area contributed by atoms with Crippen molar-refractivity contribution in [1.82, 2.24) is 19.4 Å². The third kappa shape index (κ3) is 6.45. The number of aromatic nitrogens is 3. The van der Waals surface area contributed by atoms with Gasteiger partial charge in [0.25, 0.3) is 0 Å². The second-order valence-electron chi connectivity index (χ2n) is 9.18. The molecule has 0 aliphatic carbocycles. The van der Waals surface area contributed by atoms with Gasteiger partial charge in [0.05, 0.1) is 23.7 Å². The summed E-state index contributed by atoms with van der Waals surface area (Å²) in [5, 5.41) is 2.61. The van der Waals surface area contributed by atoms with Crippen LogP contribution in [-0.2, 0) is 17.4 Å². The molecule has 1 amide bonds. The van der Waals surface area contributed by atoms with Crippen molar-refractivity contribution in [2.75, 3.05) is 44.4 Å². The molecule has 4 aromatic rings. The minimum absolute atomic E-state index is 0.0302. The molecular formula is C27H29F3N6O. The maximum Gasteiger partial charge on any atom is 0.418 e. The Bertz CT molecular complexity index is 1360. The van der Waals surface area contributed by atoms with Crippen LogP contribution < -0.4 is 10.2 Å². The highest BCUT2D eigenvalue weighted by Gasteiger charge is 2.35. The van der Waals surface area contributed by atoms with Gasteiger partial charge in [0.15, 0.2) is 0 Å². The van der Waals surface area contributed by atoms with Gasteiger partial charge in [-0.1, -0.05) is 12.1 Å². The summed E-state index contributed by atoms with van der Waals surface area (Å²) < 4.78 is 43.4. The van der Waals surface area contributed by atoms with Gasteiger partial charge in [0.1, 0.15) is 11.8 Å². The Morgan fingerprint density at radius 1 is 1.03 bits per heavy atom. The van der Waals surface area contributed by atoms with E-state index in [1.807, 2.05) is 53.9 Å². The van der Waals surface area contributed by atoms with Crippen molar-refractivity contribution in [2.45, 2.75) is 19.0 Å². The minimum atomic E-state index is -4.55. The quantitative estimate of drug-likeness (QED) is 0.343. The first-order valence-corrected chi connectivity index (χ1v) is 11.8. The molecule has 0 aliphatic heterocycles. The fourth-order valence-corrected chi connectivity index (χ4v) is 4.15. The standard InChI is InChI=1S/C27H29F3N6O/c1-34(2)13-4-14-35(3)24-10-7-20(16-22(24)27(28,29)30)33-26(37)15-19-5-8-21(9-6-19)36-18-32-23-17-31-12-11-25(23)36/h5-12,16-18H,4,13-15H2,1-3H3,(H,33,37). The number of benzene rings is 2. The smallest absolute Gasteiger partial charge is 0.374 e. The molecule has 194 valence electrons. The molecule has 0 aliphatic rings. The van der Waals surface area contributed by atoms with Crippen molar-refractivity contribution in [3.8, 4) is 5.69 Å². The number of carbonyl (C=O) groups is 1. The van der Waals surface area contributed by atoms with E-state index in [2.05, 4.69) is 15.3 Å². The van der Waals surface area contributed by atoms with Gasteiger partial charge in [-0.3, -0.25) is 14.3 Å². The van der Waals surface area contributed by atoms with Gasteiger partial charge in [0.2, 0.25) is 5.91 Å². The highest BCUT2D eigenvalue weighted by Crippen LogP contribution is 2.38. The van der Waals surface area contributed by atoms with E-state index in [0.29, 0.717) is 6.54 Å². The zero-order valence-electron chi connectivity index (χ0n) is 21.0. The van der Waals surface area contributed by atoms with Crippen molar-refractivity contribution < 1.29 is 18.0 Å². The lowest BCUT2D eigenvalue weighted by atomic mass is 10.1. The van der Waals surface area contributed by atoms with Crippen LogP contribution in [0.4, 0.5) is 24.5 Å². The third-order valence-electron chi connectivity index (χ3n) is 6.02. The largest absolute Gasteiger partial charge is 0.418 e. The summed E-state index contributed by atoms with van der Waals surface area (Å²) in [4.78, 5) is 24.6. The third-order valence-corrected chi connectivity index (χ3v) is 6.02. The van der Waals surface area contributed by atoms with E-state index in [1.165, 1.54) is 12.1 Å². The fraction of sp³-hybridized carbons (Fsp3) is 0.296. The van der Waals surface area contributed by atoms with Crippen LogP contribution >= 0.6 is 0 Å². The number of nitrogens with zero attached hydrogens (tertiary/aromatic N) is 5. The highest BCUT2D eigenvalue weighted by atomic mass is 19.4. The second-order valence-corrected chi connectivity index (χ2v) is 9.18. The van der Waals surface area contributed by atoms with Gasteiger partial charge < -0.3 is 15.1 Å². The zero-order chi connectivity index (χ0) is 26.6. The average Bonchev–Trinajstić information content (AvgIpc) is 3.28. The fourth-order valence-electron chi connectivity index (χ4n) is 4.15. The molecule has 4 rings (SSSR count). The SMILES string of the molecule is CN(C)CCCN(C)c1ccc(NC(=O)Cc2ccc(-n3cnc4cnccc43)cc2)cc1C(F)(F)F. The predicted molar refractivity (Wildman–Crippen MR) is 139 cm³/mol. The Morgan fingerprint density at radius 2 is 1.78 bits per heavy atom. The summed E-state index contributed by atoms with van der Waals surface area (Å²) in [7, 11) is 5.49. The van der Waals surface area contributed by atoms with Crippen molar-refractivity contribution in [1.29, 1.82) is 0 Å². The van der Waals surface area contributed by atoms with Crippen LogP contribution in [0.5, 0.6) is 0 Å². The molecule has 0 bridgehead atoms. The number of anilines is 2.